The van der Waals surface area contributed by atoms with Gasteiger partial charge in [0.05, 0.1) is 5.52 Å². The number of fused-ring (bicyclic) bond motifs is 1. The van der Waals surface area contributed by atoms with Crippen LogP contribution in [0.1, 0.15) is 24.8 Å². The van der Waals surface area contributed by atoms with Crippen LogP contribution in [0.2, 0.25) is 0 Å². The van der Waals surface area contributed by atoms with Gasteiger partial charge in [0.15, 0.2) is 0 Å². The normalized spacial score (nSPS) is 21.3. The Hall–Kier alpha value is -2.14. The average molecular weight is 338 g/mol. The van der Waals surface area contributed by atoms with Crippen molar-refractivity contribution in [1.82, 2.24) is 15.6 Å². The number of hydrogen-bond acceptors (Lipinski definition) is 4. The molecule has 25 heavy (non-hydrogen) atoms. The summed E-state index contributed by atoms with van der Waals surface area (Å²) in [6.45, 7) is 2.66. The van der Waals surface area contributed by atoms with Crippen molar-refractivity contribution < 1.29 is 4.79 Å². The summed E-state index contributed by atoms with van der Waals surface area (Å²) in [6, 6.07) is 10.2. The van der Waals surface area contributed by atoms with E-state index in [1.54, 1.807) is 0 Å². The molecule has 0 bridgehead atoms. The number of carbonyl (C=O) groups excluding carboxylic acids is 1. The second-order valence-electron chi connectivity index (χ2n) is 7.64. The molecule has 1 unspecified atom stereocenters. The van der Waals surface area contributed by atoms with Crippen molar-refractivity contribution in [3.8, 4) is 0 Å². The fourth-order valence-corrected chi connectivity index (χ4v) is 4.11. The highest BCUT2D eigenvalue weighted by Crippen LogP contribution is 2.58. The van der Waals surface area contributed by atoms with Gasteiger partial charge in [-0.25, -0.2) is 4.98 Å². The molecule has 2 aromatic rings. The number of para-hydroxylation sites is 1. The quantitative estimate of drug-likeness (QED) is 0.898. The van der Waals surface area contributed by atoms with Gasteiger partial charge in [0, 0.05) is 31.9 Å². The lowest BCUT2D eigenvalue weighted by Crippen LogP contribution is -2.33. The molecule has 1 aliphatic carbocycles. The number of nitrogens with zero attached hydrogens (tertiary/aromatic N) is 2. The smallest absolute Gasteiger partial charge is 0.223 e. The first-order valence-corrected chi connectivity index (χ1v) is 9.13. The van der Waals surface area contributed by atoms with Crippen LogP contribution in [-0.2, 0) is 11.3 Å². The first kappa shape index (κ1) is 16.3. The van der Waals surface area contributed by atoms with Crippen molar-refractivity contribution >= 4 is 22.6 Å². The summed E-state index contributed by atoms with van der Waals surface area (Å²) in [4.78, 5) is 19.3. The summed E-state index contributed by atoms with van der Waals surface area (Å²) in [6.07, 6.45) is 3.32. The number of carbonyl (C=O) groups is 1. The first-order valence-electron chi connectivity index (χ1n) is 9.13. The van der Waals surface area contributed by atoms with Crippen LogP contribution in [0.5, 0.6) is 0 Å². The Morgan fingerprint density at radius 1 is 1.32 bits per heavy atom. The van der Waals surface area contributed by atoms with Gasteiger partial charge in [0.2, 0.25) is 5.91 Å². The fraction of sp³-hybridized carbons (Fsp3) is 0.500. The number of aromatic nitrogens is 1. The molecule has 2 aliphatic rings. The Morgan fingerprint density at radius 3 is 2.84 bits per heavy atom. The van der Waals surface area contributed by atoms with Crippen molar-refractivity contribution in [2.75, 3.05) is 32.1 Å². The molecule has 1 aliphatic heterocycles. The lowest BCUT2D eigenvalue weighted by molar-refractivity contribution is -0.123. The van der Waals surface area contributed by atoms with Gasteiger partial charge in [-0.05, 0) is 55.5 Å². The van der Waals surface area contributed by atoms with Gasteiger partial charge in [-0.1, -0.05) is 18.2 Å². The van der Waals surface area contributed by atoms with Crippen LogP contribution in [0.4, 0.5) is 5.82 Å². The maximum absolute atomic E-state index is 12.6. The molecule has 1 aromatic carbocycles. The standard InChI is InChI=1S/C20H26N4O/c1-24(2)18-11-14(15-5-3-4-6-17(15)23-18)13-22-19(25)16-12-20(16)7-9-21-10-8-20/h3-6,11,16,21H,7-10,12-13H2,1-2H3,(H,22,25). The molecule has 1 amide bonds. The van der Waals surface area contributed by atoms with Crippen LogP contribution in [0.25, 0.3) is 10.9 Å². The number of pyridine rings is 1. The maximum atomic E-state index is 12.6. The van der Waals surface area contributed by atoms with E-state index in [1.807, 2.05) is 37.2 Å². The fourth-order valence-electron chi connectivity index (χ4n) is 4.11. The molecule has 1 atom stereocenters. The molecule has 2 heterocycles. The van der Waals surface area contributed by atoms with Crippen LogP contribution >= 0.6 is 0 Å². The minimum atomic E-state index is 0.205. The summed E-state index contributed by atoms with van der Waals surface area (Å²) < 4.78 is 0. The number of rotatable bonds is 4. The van der Waals surface area contributed by atoms with E-state index in [-0.39, 0.29) is 17.2 Å². The van der Waals surface area contributed by atoms with E-state index in [0.29, 0.717) is 6.54 Å². The Balaban J connectivity index is 1.50. The lowest BCUT2D eigenvalue weighted by Gasteiger charge is -2.23. The highest BCUT2D eigenvalue weighted by molar-refractivity contribution is 5.86. The van der Waals surface area contributed by atoms with Gasteiger partial charge in [-0.2, -0.15) is 0 Å². The molecule has 5 nitrogen and oxygen atoms in total. The zero-order valence-corrected chi connectivity index (χ0v) is 15.0. The van der Waals surface area contributed by atoms with Crippen molar-refractivity contribution in [2.24, 2.45) is 11.3 Å². The second-order valence-corrected chi connectivity index (χ2v) is 7.64. The highest BCUT2D eigenvalue weighted by Gasteiger charge is 2.57. The summed E-state index contributed by atoms with van der Waals surface area (Å²) in [7, 11) is 3.98. The van der Waals surface area contributed by atoms with E-state index in [2.05, 4.69) is 27.8 Å². The minimum Gasteiger partial charge on any atom is -0.363 e. The number of amides is 1. The summed E-state index contributed by atoms with van der Waals surface area (Å²) in [5.74, 6) is 1.34. The lowest BCUT2D eigenvalue weighted by atomic mass is 9.92. The van der Waals surface area contributed by atoms with E-state index in [4.69, 9.17) is 0 Å². The molecule has 2 N–H and O–H groups in total. The maximum Gasteiger partial charge on any atom is 0.223 e. The molecule has 132 valence electrons. The number of hydrogen-bond donors (Lipinski definition) is 2. The van der Waals surface area contributed by atoms with Crippen molar-refractivity contribution in [2.45, 2.75) is 25.8 Å². The summed E-state index contributed by atoms with van der Waals surface area (Å²) in [5.41, 5.74) is 2.38. The van der Waals surface area contributed by atoms with E-state index in [0.717, 1.165) is 54.6 Å². The van der Waals surface area contributed by atoms with Crippen LogP contribution in [0.15, 0.2) is 30.3 Å². The van der Waals surface area contributed by atoms with Crippen LogP contribution in [-0.4, -0.2) is 38.1 Å². The van der Waals surface area contributed by atoms with Crippen LogP contribution in [0.3, 0.4) is 0 Å². The molecule has 1 aromatic heterocycles. The monoisotopic (exact) mass is 338 g/mol. The molecule has 1 saturated heterocycles. The van der Waals surface area contributed by atoms with E-state index >= 15 is 0 Å². The zero-order chi connectivity index (χ0) is 17.4. The topological polar surface area (TPSA) is 57.3 Å². The number of anilines is 1. The molecule has 0 radical (unpaired) electrons. The van der Waals surface area contributed by atoms with Gasteiger partial charge < -0.3 is 15.5 Å². The predicted octanol–water partition coefficient (Wildman–Crippen LogP) is 2.31. The van der Waals surface area contributed by atoms with Crippen molar-refractivity contribution in [1.29, 1.82) is 0 Å². The largest absolute Gasteiger partial charge is 0.363 e. The number of piperidine rings is 1. The molecule has 2 fully saturated rings. The van der Waals surface area contributed by atoms with Crippen LogP contribution in [0, 0.1) is 11.3 Å². The van der Waals surface area contributed by atoms with E-state index in [1.165, 1.54) is 0 Å². The van der Waals surface area contributed by atoms with Gasteiger partial charge in [0.25, 0.3) is 0 Å². The van der Waals surface area contributed by atoms with E-state index < -0.39 is 0 Å². The van der Waals surface area contributed by atoms with Crippen molar-refractivity contribution in [3.63, 3.8) is 0 Å². The Labute approximate surface area is 148 Å². The molecule has 1 spiro atoms. The van der Waals surface area contributed by atoms with Gasteiger partial charge in [-0.15, -0.1) is 0 Å². The molecule has 5 heteroatoms. The third kappa shape index (κ3) is 3.09. The SMILES string of the molecule is CN(C)c1cc(CNC(=O)C2CC23CCNCC3)c2ccccc2n1. The molecule has 1 saturated carbocycles. The summed E-state index contributed by atoms with van der Waals surface area (Å²) >= 11 is 0. The Kier molecular flexibility index (Phi) is 4.12. The number of nitrogens with one attached hydrogen (secondary N) is 2. The van der Waals surface area contributed by atoms with Gasteiger partial charge in [0.1, 0.15) is 5.82 Å². The highest BCUT2D eigenvalue weighted by atomic mass is 16.2. The molecule has 4 rings (SSSR count). The molecular weight excluding hydrogens is 312 g/mol. The third-order valence-corrected chi connectivity index (χ3v) is 5.81. The van der Waals surface area contributed by atoms with Gasteiger partial charge >= 0.3 is 0 Å². The Morgan fingerprint density at radius 2 is 2.08 bits per heavy atom. The Bertz CT molecular complexity index is 795. The van der Waals surface area contributed by atoms with Crippen LogP contribution < -0.4 is 15.5 Å². The second kappa shape index (κ2) is 6.30. The minimum absolute atomic E-state index is 0.205. The zero-order valence-electron chi connectivity index (χ0n) is 15.0. The van der Waals surface area contributed by atoms with E-state index in [9.17, 15) is 4.79 Å². The number of benzene rings is 1. The predicted molar refractivity (Wildman–Crippen MR) is 101 cm³/mol. The average Bonchev–Trinajstić information content (AvgIpc) is 3.32. The van der Waals surface area contributed by atoms with Gasteiger partial charge in [-0.3, -0.25) is 4.79 Å². The summed E-state index contributed by atoms with van der Waals surface area (Å²) in [5, 5.41) is 7.69. The van der Waals surface area contributed by atoms with Crippen molar-refractivity contribution in [3.05, 3.63) is 35.9 Å². The first-order chi connectivity index (χ1) is 12.1. The molecular formula is C20H26N4O. The third-order valence-electron chi connectivity index (χ3n) is 5.81.